The first-order valence-electron chi connectivity index (χ1n) is 7.10. The molecule has 1 aromatic rings. The highest BCUT2D eigenvalue weighted by Gasteiger charge is 2.40. The molecule has 0 bridgehead atoms. The lowest BCUT2D eigenvalue weighted by atomic mass is 10.0. The van der Waals surface area contributed by atoms with Crippen molar-refractivity contribution in [3.63, 3.8) is 0 Å². The zero-order valence-electron chi connectivity index (χ0n) is 13.0. The van der Waals surface area contributed by atoms with Crippen LogP contribution in [-0.2, 0) is 11.2 Å². The van der Waals surface area contributed by atoms with Crippen molar-refractivity contribution >= 4 is 11.8 Å². The van der Waals surface area contributed by atoms with Gasteiger partial charge in [-0.2, -0.15) is 0 Å². The molecule has 2 N–H and O–H groups in total. The Morgan fingerprint density at radius 2 is 2.05 bits per heavy atom. The highest BCUT2D eigenvalue weighted by molar-refractivity contribution is 5.86. The van der Waals surface area contributed by atoms with Crippen LogP contribution in [0.1, 0.15) is 39.2 Å². The van der Waals surface area contributed by atoms with Crippen LogP contribution < -0.4 is 10.1 Å². The number of aliphatic hydroxyl groups is 1. The van der Waals surface area contributed by atoms with E-state index in [1.165, 1.54) is 0 Å². The molecule has 0 radical (unpaired) electrons. The molecule has 1 fully saturated rings. The Morgan fingerprint density at radius 3 is 2.57 bits per heavy atom. The number of hydrogen-bond acceptors (Lipinski definition) is 4. The molecule has 1 aliphatic rings. The van der Waals surface area contributed by atoms with Crippen LogP contribution in [0, 0.1) is 0 Å². The van der Waals surface area contributed by atoms with Gasteiger partial charge in [-0.25, -0.2) is 4.79 Å². The zero-order valence-corrected chi connectivity index (χ0v) is 13.0. The quantitative estimate of drug-likeness (QED) is 0.895. The van der Waals surface area contributed by atoms with Gasteiger partial charge in [0.05, 0.1) is 12.7 Å². The molecule has 0 unspecified atom stereocenters. The van der Waals surface area contributed by atoms with Gasteiger partial charge in [0.2, 0.25) is 0 Å². The summed E-state index contributed by atoms with van der Waals surface area (Å²) in [5.41, 5.74) is 0.299. The van der Waals surface area contributed by atoms with E-state index in [0.717, 1.165) is 18.4 Å². The van der Waals surface area contributed by atoms with Gasteiger partial charge in [-0.05, 0) is 57.4 Å². The van der Waals surface area contributed by atoms with Crippen LogP contribution in [0.4, 0.5) is 10.5 Å². The topological polar surface area (TPSA) is 67.8 Å². The molecule has 0 aliphatic heterocycles. The summed E-state index contributed by atoms with van der Waals surface area (Å²) in [5.74, 6) is 0.698. The third-order valence-corrected chi connectivity index (χ3v) is 3.29. The minimum atomic E-state index is -0.642. The summed E-state index contributed by atoms with van der Waals surface area (Å²) in [4.78, 5) is 11.9. The summed E-state index contributed by atoms with van der Waals surface area (Å²) in [7, 11) is 1.59. The first-order valence-corrected chi connectivity index (χ1v) is 7.10. The molecular formula is C16H23NO4. The minimum absolute atomic E-state index is 0.495. The van der Waals surface area contributed by atoms with Crippen molar-refractivity contribution in [2.24, 2.45) is 0 Å². The van der Waals surface area contributed by atoms with Crippen LogP contribution in [0.25, 0.3) is 0 Å². The number of carbonyl (C=O) groups is 1. The van der Waals surface area contributed by atoms with Gasteiger partial charge in [0.15, 0.2) is 0 Å². The summed E-state index contributed by atoms with van der Waals surface area (Å²) < 4.78 is 10.5. The van der Waals surface area contributed by atoms with Gasteiger partial charge in [0, 0.05) is 12.1 Å². The van der Waals surface area contributed by atoms with Crippen LogP contribution >= 0.6 is 0 Å². The molecule has 0 heterocycles. The largest absolute Gasteiger partial charge is 0.497 e. The molecule has 1 amide bonds. The monoisotopic (exact) mass is 293 g/mol. The maximum absolute atomic E-state index is 11.9. The molecule has 2 rings (SSSR count). The number of methoxy groups -OCH3 is 1. The van der Waals surface area contributed by atoms with Gasteiger partial charge in [-0.1, -0.05) is 0 Å². The van der Waals surface area contributed by atoms with E-state index in [1.54, 1.807) is 19.2 Å². The smallest absolute Gasteiger partial charge is 0.412 e. The third-order valence-electron chi connectivity index (χ3n) is 3.29. The molecule has 0 atom stereocenters. The van der Waals surface area contributed by atoms with Gasteiger partial charge in [0.1, 0.15) is 11.4 Å². The van der Waals surface area contributed by atoms with Gasteiger partial charge >= 0.3 is 6.09 Å². The van der Waals surface area contributed by atoms with Crippen molar-refractivity contribution in [1.29, 1.82) is 0 Å². The number of hydrogen-bond donors (Lipinski definition) is 2. The maximum atomic E-state index is 11.9. The van der Waals surface area contributed by atoms with E-state index in [-0.39, 0.29) is 0 Å². The Balaban J connectivity index is 2.15. The van der Waals surface area contributed by atoms with Gasteiger partial charge in [-0.3, -0.25) is 5.32 Å². The number of nitrogens with one attached hydrogen (secondary N) is 1. The average molecular weight is 293 g/mol. The summed E-state index contributed by atoms with van der Waals surface area (Å²) in [6.07, 6.45) is 1.57. The summed E-state index contributed by atoms with van der Waals surface area (Å²) in [6.45, 7) is 5.44. The highest BCUT2D eigenvalue weighted by atomic mass is 16.6. The second-order valence-corrected chi connectivity index (χ2v) is 6.55. The van der Waals surface area contributed by atoms with Crippen molar-refractivity contribution in [3.8, 4) is 5.75 Å². The van der Waals surface area contributed by atoms with E-state index in [9.17, 15) is 9.90 Å². The fourth-order valence-corrected chi connectivity index (χ4v) is 2.05. The third kappa shape index (κ3) is 4.63. The molecular weight excluding hydrogens is 270 g/mol. The Morgan fingerprint density at radius 1 is 1.38 bits per heavy atom. The predicted molar refractivity (Wildman–Crippen MR) is 80.7 cm³/mol. The lowest BCUT2D eigenvalue weighted by Crippen LogP contribution is -2.27. The minimum Gasteiger partial charge on any atom is -0.497 e. The molecule has 5 nitrogen and oxygen atoms in total. The van der Waals surface area contributed by atoms with Crippen molar-refractivity contribution < 1.29 is 19.4 Å². The van der Waals surface area contributed by atoms with Crippen LogP contribution in [0.15, 0.2) is 18.2 Å². The van der Waals surface area contributed by atoms with Crippen LogP contribution in [-0.4, -0.2) is 29.5 Å². The van der Waals surface area contributed by atoms with Gasteiger partial charge in [-0.15, -0.1) is 0 Å². The van der Waals surface area contributed by atoms with Crippen molar-refractivity contribution in [2.75, 3.05) is 12.4 Å². The average Bonchev–Trinajstić information content (AvgIpc) is 3.07. The number of benzene rings is 1. The zero-order chi connectivity index (χ0) is 15.7. The second kappa shape index (κ2) is 5.56. The fourth-order valence-electron chi connectivity index (χ4n) is 2.05. The number of rotatable bonds is 4. The standard InChI is InChI=1S/C16H23NO4/c1-15(2,3)21-14(18)17-13-6-5-12(20-4)9-11(13)10-16(19)7-8-16/h5-6,9,19H,7-8,10H2,1-4H3,(H,17,18). The lowest BCUT2D eigenvalue weighted by Gasteiger charge is -2.21. The van der Waals surface area contributed by atoms with Crippen molar-refractivity contribution in [1.82, 2.24) is 0 Å². The van der Waals surface area contributed by atoms with E-state index >= 15 is 0 Å². The Bertz CT molecular complexity index is 530. The normalized spacial score (nSPS) is 16.2. The number of amides is 1. The van der Waals surface area contributed by atoms with E-state index in [4.69, 9.17) is 9.47 Å². The molecule has 21 heavy (non-hydrogen) atoms. The highest BCUT2D eigenvalue weighted by Crippen LogP contribution is 2.40. The van der Waals surface area contributed by atoms with Gasteiger partial charge < -0.3 is 14.6 Å². The van der Waals surface area contributed by atoms with Gasteiger partial charge in [0.25, 0.3) is 0 Å². The molecule has 0 saturated heterocycles. The summed E-state index contributed by atoms with van der Waals surface area (Å²) >= 11 is 0. The number of ether oxygens (including phenoxy) is 2. The molecule has 1 aliphatic carbocycles. The van der Waals surface area contributed by atoms with Crippen LogP contribution in [0.2, 0.25) is 0 Å². The molecule has 0 spiro atoms. The predicted octanol–water partition coefficient (Wildman–Crippen LogP) is 3.11. The van der Waals surface area contributed by atoms with E-state index < -0.39 is 17.3 Å². The Labute approximate surface area is 125 Å². The molecule has 0 aromatic heterocycles. The first kappa shape index (κ1) is 15.6. The molecule has 116 valence electrons. The molecule has 5 heteroatoms. The first-order chi connectivity index (χ1) is 9.71. The molecule has 1 aromatic carbocycles. The number of carbonyl (C=O) groups excluding carboxylic acids is 1. The lowest BCUT2D eigenvalue weighted by molar-refractivity contribution is 0.0635. The van der Waals surface area contributed by atoms with E-state index in [1.807, 2.05) is 26.8 Å². The summed E-state index contributed by atoms with van der Waals surface area (Å²) in [5, 5.41) is 12.8. The Hall–Kier alpha value is -1.75. The van der Waals surface area contributed by atoms with Crippen LogP contribution in [0.5, 0.6) is 5.75 Å². The number of anilines is 1. The second-order valence-electron chi connectivity index (χ2n) is 6.55. The van der Waals surface area contributed by atoms with Crippen LogP contribution in [0.3, 0.4) is 0 Å². The maximum Gasteiger partial charge on any atom is 0.412 e. The Kier molecular flexibility index (Phi) is 4.14. The van der Waals surface area contributed by atoms with E-state index in [0.29, 0.717) is 17.9 Å². The van der Waals surface area contributed by atoms with Crippen molar-refractivity contribution in [2.45, 2.75) is 51.2 Å². The van der Waals surface area contributed by atoms with E-state index in [2.05, 4.69) is 5.32 Å². The fraction of sp³-hybridized carbons (Fsp3) is 0.562. The van der Waals surface area contributed by atoms with Crippen molar-refractivity contribution in [3.05, 3.63) is 23.8 Å². The molecule has 1 saturated carbocycles. The summed E-state index contributed by atoms with van der Waals surface area (Å²) in [6, 6.07) is 5.37. The SMILES string of the molecule is COc1ccc(NC(=O)OC(C)(C)C)c(CC2(O)CC2)c1.